The smallest absolute Gasteiger partial charge is 0.255 e. The van der Waals surface area contributed by atoms with Crippen molar-refractivity contribution in [3.05, 3.63) is 90.3 Å². The average molecular weight is 497 g/mol. The number of aromatic nitrogens is 3. The molecule has 0 spiro atoms. The molecule has 2 aromatic heterocycles. The first-order valence-corrected chi connectivity index (χ1v) is 11.7. The lowest BCUT2D eigenvalue weighted by atomic mass is 9.87. The van der Waals surface area contributed by atoms with E-state index in [9.17, 15) is 14.0 Å². The van der Waals surface area contributed by atoms with Crippen LogP contribution in [-0.2, 0) is 10.2 Å². The molecular weight excluding hydrogens is 471 g/mol. The lowest BCUT2D eigenvalue weighted by Gasteiger charge is -2.19. The normalized spacial score (nSPS) is 13.7. The first-order valence-electron chi connectivity index (χ1n) is 11.7. The first kappa shape index (κ1) is 24.1. The van der Waals surface area contributed by atoms with Gasteiger partial charge in [-0.2, -0.15) is 0 Å². The summed E-state index contributed by atoms with van der Waals surface area (Å²) in [5, 5.41) is 5.85. The van der Waals surface area contributed by atoms with Crippen LogP contribution in [0.15, 0.2) is 73.3 Å². The van der Waals surface area contributed by atoms with Crippen LogP contribution in [-0.4, -0.2) is 33.3 Å². The molecule has 3 heterocycles. The van der Waals surface area contributed by atoms with Gasteiger partial charge in [-0.25, -0.2) is 19.3 Å². The van der Waals surface area contributed by atoms with E-state index in [1.165, 1.54) is 31.5 Å². The van der Waals surface area contributed by atoms with E-state index < -0.39 is 11.7 Å². The number of amides is 2. The summed E-state index contributed by atoms with van der Waals surface area (Å²) in [5.41, 5.74) is 3.83. The molecule has 8 nitrogen and oxygen atoms in total. The fraction of sp³-hybridized carbons (Fsp3) is 0.179. The van der Waals surface area contributed by atoms with E-state index >= 15 is 0 Å². The highest BCUT2D eigenvalue weighted by Gasteiger charge is 2.37. The van der Waals surface area contributed by atoms with Crippen molar-refractivity contribution < 1.29 is 14.0 Å². The highest BCUT2D eigenvalue weighted by Crippen LogP contribution is 2.42. The largest absolute Gasteiger partial charge is 0.337 e. The maximum absolute atomic E-state index is 14.7. The second-order valence-electron chi connectivity index (χ2n) is 9.49. The van der Waals surface area contributed by atoms with Crippen molar-refractivity contribution in [3.63, 3.8) is 0 Å². The van der Waals surface area contributed by atoms with E-state index in [2.05, 4.69) is 39.4 Å². The van der Waals surface area contributed by atoms with Gasteiger partial charge in [0.05, 0.1) is 11.4 Å². The molecule has 5 rings (SSSR count). The number of rotatable bonds is 5. The van der Waals surface area contributed by atoms with Gasteiger partial charge >= 0.3 is 0 Å². The molecule has 0 aliphatic carbocycles. The second-order valence-corrected chi connectivity index (χ2v) is 9.49. The van der Waals surface area contributed by atoms with Crippen LogP contribution in [0.3, 0.4) is 0 Å². The Morgan fingerprint density at radius 3 is 2.62 bits per heavy atom. The zero-order valence-electron chi connectivity index (χ0n) is 20.6. The number of benzene rings is 2. The summed E-state index contributed by atoms with van der Waals surface area (Å²) >= 11 is 0. The summed E-state index contributed by atoms with van der Waals surface area (Å²) in [7, 11) is 0. The van der Waals surface area contributed by atoms with Crippen LogP contribution in [0.25, 0.3) is 11.3 Å². The second kappa shape index (κ2) is 9.42. The summed E-state index contributed by atoms with van der Waals surface area (Å²) < 4.78 is 14.7. The van der Waals surface area contributed by atoms with Crippen molar-refractivity contribution in [1.82, 2.24) is 15.0 Å². The fourth-order valence-electron chi connectivity index (χ4n) is 4.51. The summed E-state index contributed by atoms with van der Waals surface area (Å²) in [6, 6.07) is 14.9. The molecule has 186 valence electrons. The molecule has 2 N–H and O–H groups in total. The van der Waals surface area contributed by atoms with Crippen molar-refractivity contribution >= 4 is 34.7 Å². The van der Waals surface area contributed by atoms with E-state index in [1.807, 2.05) is 18.2 Å². The summed E-state index contributed by atoms with van der Waals surface area (Å²) in [5.74, 6) is -0.608. The minimum Gasteiger partial charge on any atom is -0.337 e. The van der Waals surface area contributed by atoms with Crippen LogP contribution in [0, 0.1) is 5.82 Å². The van der Waals surface area contributed by atoms with Crippen LogP contribution in [0.2, 0.25) is 0 Å². The van der Waals surface area contributed by atoms with Gasteiger partial charge in [-0.05, 0) is 54.1 Å². The molecule has 0 bridgehead atoms. The predicted octanol–water partition coefficient (Wildman–Crippen LogP) is 5.32. The van der Waals surface area contributed by atoms with Crippen molar-refractivity contribution in [1.29, 1.82) is 0 Å². The first-order chi connectivity index (χ1) is 17.7. The number of hydrogen-bond donors (Lipinski definition) is 2. The zero-order valence-corrected chi connectivity index (χ0v) is 20.6. The number of hydrogen-bond acceptors (Lipinski definition) is 6. The number of halogens is 1. The van der Waals surface area contributed by atoms with Crippen LogP contribution < -0.4 is 15.5 Å². The molecule has 9 heteroatoms. The minimum absolute atomic E-state index is 0.0552. The standard InChI is InChI=1S/C28H25FN6O2/c1-17(36)35-15-28(2,3)21-8-7-19(14-25(21)35)33-27(37)18-6-9-22(29)24(13-18)34-26-20(5-4-11-31-26)23-10-12-30-16-32-23/h4-14,16H,15H2,1-3H3,(H,31,34)(H,33,37). The van der Waals surface area contributed by atoms with Crippen LogP contribution in [0.5, 0.6) is 0 Å². The summed E-state index contributed by atoms with van der Waals surface area (Å²) in [6.07, 6.45) is 4.62. The molecule has 2 aromatic carbocycles. The van der Waals surface area contributed by atoms with Gasteiger partial charge in [0, 0.05) is 53.8 Å². The summed E-state index contributed by atoms with van der Waals surface area (Å²) in [4.78, 5) is 39.5. The molecule has 0 radical (unpaired) electrons. The van der Waals surface area contributed by atoms with Crippen molar-refractivity contribution in [2.24, 2.45) is 0 Å². The Hall–Kier alpha value is -4.66. The monoisotopic (exact) mass is 496 g/mol. The van der Waals surface area contributed by atoms with E-state index in [0.717, 1.165) is 11.3 Å². The number of pyridine rings is 1. The molecule has 37 heavy (non-hydrogen) atoms. The number of carbonyl (C=O) groups excluding carboxylic acids is 2. The van der Waals surface area contributed by atoms with Gasteiger partial charge in [0.2, 0.25) is 5.91 Å². The van der Waals surface area contributed by atoms with Gasteiger partial charge in [-0.1, -0.05) is 19.9 Å². The average Bonchev–Trinajstić information content (AvgIpc) is 3.16. The lowest BCUT2D eigenvalue weighted by molar-refractivity contribution is -0.116. The molecule has 0 fully saturated rings. The molecule has 0 atom stereocenters. The van der Waals surface area contributed by atoms with E-state index in [0.29, 0.717) is 29.3 Å². The summed E-state index contributed by atoms with van der Waals surface area (Å²) in [6.45, 7) is 6.27. The SMILES string of the molecule is CC(=O)N1CC(C)(C)c2ccc(NC(=O)c3ccc(F)c(Nc4ncccc4-c4ccncn4)c3)cc21. The number of nitrogens with one attached hydrogen (secondary N) is 2. The third-order valence-electron chi connectivity index (χ3n) is 6.36. The quantitative estimate of drug-likeness (QED) is 0.388. The zero-order chi connectivity index (χ0) is 26.2. The number of nitrogens with zero attached hydrogens (tertiary/aromatic N) is 4. The lowest BCUT2D eigenvalue weighted by Crippen LogP contribution is -2.32. The molecule has 1 aliphatic rings. The highest BCUT2D eigenvalue weighted by molar-refractivity contribution is 6.05. The molecule has 1 aliphatic heterocycles. The number of anilines is 4. The van der Waals surface area contributed by atoms with Crippen molar-refractivity contribution in [2.75, 3.05) is 22.1 Å². The topological polar surface area (TPSA) is 100 Å². The maximum Gasteiger partial charge on any atom is 0.255 e. The molecule has 4 aromatic rings. The Labute approximate surface area is 213 Å². The Kier molecular flexibility index (Phi) is 6.12. The predicted molar refractivity (Wildman–Crippen MR) is 140 cm³/mol. The minimum atomic E-state index is -0.535. The fourth-order valence-corrected chi connectivity index (χ4v) is 4.51. The Morgan fingerprint density at radius 1 is 1.03 bits per heavy atom. The Bertz CT molecular complexity index is 1510. The van der Waals surface area contributed by atoms with Gasteiger partial charge in [-0.3, -0.25) is 9.59 Å². The van der Waals surface area contributed by atoms with E-state index in [1.54, 1.807) is 35.5 Å². The Morgan fingerprint density at radius 2 is 1.86 bits per heavy atom. The Balaban J connectivity index is 1.40. The third-order valence-corrected chi connectivity index (χ3v) is 6.36. The maximum atomic E-state index is 14.7. The van der Waals surface area contributed by atoms with Crippen molar-refractivity contribution in [3.8, 4) is 11.3 Å². The van der Waals surface area contributed by atoms with E-state index in [4.69, 9.17) is 0 Å². The number of fused-ring (bicyclic) bond motifs is 1. The van der Waals surface area contributed by atoms with Gasteiger partial charge in [0.15, 0.2) is 0 Å². The molecule has 0 saturated heterocycles. The molecule has 0 saturated carbocycles. The van der Waals surface area contributed by atoms with Crippen molar-refractivity contribution in [2.45, 2.75) is 26.2 Å². The van der Waals surface area contributed by atoms with Gasteiger partial charge in [0.1, 0.15) is 18.0 Å². The van der Waals surface area contributed by atoms with Gasteiger partial charge < -0.3 is 15.5 Å². The third kappa shape index (κ3) is 4.75. The number of carbonyl (C=O) groups is 2. The van der Waals surface area contributed by atoms with Gasteiger partial charge in [0.25, 0.3) is 5.91 Å². The molecule has 0 unspecified atom stereocenters. The molecular formula is C28H25FN6O2. The van der Waals surface area contributed by atoms with Crippen LogP contribution >= 0.6 is 0 Å². The van der Waals surface area contributed by atoms with E-state index in [-0.39, 0.29) is 22.6 Å². The molecule has 2 amide bonds. The highest BCUT2D eigenvalue weighted by atomic mass is 19.1. The van der Waals surface area contributed by atoms with Crippen LogP contribution in [0.4, 0.5) is 27.3 Å². The van der Waals surface area contributed by atoms with Gasteiger partial charge in [-0.15, -0.1) is 0 Å². The van der Waals surface area contributed by atoms with Crippen LogP contribution in [0.1, 0.15) is 36.7 Å².